The smallest absolute Gasteiger partial charge is 0.269 e. The Hall–Kier alpha value is -3.29. The molecular weight excluding hydrogens is 466 g/mol. The van der Waals surface area contributed by atoms with Crippen LogP contribution in [0.15, 0.2) is 24.3 Å². The second-order valence-electron chi connectivity index (χ2n) is 8.64. The molecule has 1 aromatic carbocycles. The topological polar surface area (TPSA) is 148 Å². The number of nitrogens with one attached hydrogen (secondary N) is 1. The van der Waals surface area contributed by atoms with Gasteiger partial charge in [0.15, 0.2) is 0 Å². The first-order chi connectivity index (χ1) is 17.6. The van der Waals surface area contributed by atoms with Crippen LogP contribution in [0.25, 0.3) is 0 Å². The van der Waals surface area contributed by atoms with Crippen molar-refractivity contribution in [1.82, 2.24) is 15.0 Å². The molecule has 13 nitrogen and oxygen atoms in total. The number of nitrogens with zero attached hydrogens (tertiary/aromatic N) is 7. The van der Waals surface area contributed by atoms with Gasteiger partial charge in [0.1, 0.15) is 0 Å². The summed E-state index contributed by atoms with van der Waals surface area (Å²) < 4.78 is 10.9. The van der Waals surface area contributed by atoms with Crippen LogP contribution in [0.5, 0.6) is 0 Å². The van der Waals surface area contributed by atoms with Gasteiger partial charge in [-0.1, -0.05) is 0 Å². The number of piperazine rings is 1. The number of aromatic nitrogens is 3. The highest BCUT2D eigenvalue weighted by Gasteiger charge is 2.23. The van der Waals surface area contributed by atoms with E-state index in [9.17, 15) is 10.1 Å². The van der Waals surface area contributed by atoms with E-state index in [0.29, 0.717) is 57.4 Å². The Labute approximate surface area is 210 Å². The Kier molecular flexibility index (Phi) is 9.41. The lowest BCUT2D eigenvalue weighted by molar-refractivity contribution is -0.384. The van der Waals surface area contributed by atoms with Crippen molar-refractivity contribution < 1.29 is 14.4 Å². The van der Waals surface area contributed by atoms with Crippen molar-refractivity contribution in [2.75, 3.05) is 98.8 Å². The average molecular weight is 502 g/mol. The fourth-order valence-electron chi connectivity index (χ4n) is 4.22. The van der Waals surface area contributed by atoms with Crippen LogP contribution in [0.4, 0.5) is 29.2 Å². The quantitative estimate of drug-likeness (QED) is 0.230. The number of nitro benzene ring substituents is 1. The van der Waals surface area contributed by atoms with Crippen molar-refractivity contribution in [3.05, 3.63) is 34.4 Å². The molecule has 0 aliphatic carbocycles. The lowest BCUT2D eigenvalue weighted by Gasteiger charge is -2.36. The highest BCUT2D eigenvalue weighted by Crippen LogP contribution is 2.24. The number of ether oxygens (including phenoxy) is 2. The third-order valence-electron chi connectivity index (χ3n) is 6.15. The van der Waals surface area contributed by atoms with Gasteiger partial charge < -0.3 is 35.2 Å². The summed E-state index contributed by atoms with van der Waals surface area (Å²) in [6, 6.07) is 6.70. The van der Waals surface area contributed by atoms with Crippen LogP contribution in [0, 0.1) is 10.1 Å². The number of nitrogens with two attached hydrogens (primary N) is 1. The molecule has 1 aromatic heterocycles. The van der Waals surface area contributed by atoms with Crippen LogP contribution >= 0.6 is 0 Å². The predicted octanol–water partition coefficient (Wildman–Crippen LogP) is 1.11. The average Bonchev–Trinajstić information content (AvgIpc) is 3.46. The van der Waals surface area contributed by atoms with E-state index in [0.717, 1.165) is 57.8 Å². The number of hydrogen-bond acceptors (Lipinski definition) is 12. The molecule has 0 spiro atoms. The molecule has 2 aromatic rings. The van der Waals surface area contributed by atoms with Crippen LogP contribution < -0.4 is 25.8 Å². The highest BCUT2D eigenvalue weighted by atomic mass is 16.6. The van der Waals surface area contributed by atoms with Gasteiger partial charge in [-0.05, 0) is 25.0 Å². The van der Waals surface area contributed by atoms with Crippen LogP contribution in [0.1, 0.15) is 12.8 Å². The largest absolute Gasteiger partial charge is 0.378 e. The van der Waals surface area contributed by atoms with Gasteiger partial charge in [-0.15, -0.1) is 0 Å². The Morgan fingerprint density at radius 2 is 1.42 bits per heavy atom. The molecule has 0 radical (unpaired) electrons. The van der Waals surface area contributed by atoms with Gasteiger partial charge in [0.25, 0.3) is 5.69 Å². The summed E-state index contributed by atoms with van der Waals surface area (Å²) in [5.74, 6) is 1.91. The van der Waals surface area contributed by atoms with Gasteiger partial charge in [-0.25, -0.2) is 0 Å². The normalized spacial score (nSPS) is 16.0. The maximum atomic E-state index is 10.9. The molecule has 0 amide bonds. The minimum atomic E-state index is -0.379. The molecule has 13 heteroatoms. The monoisotopic (exact) mass is 501 g/mol. The summed E-state index contributed by atoms with van der Waals surface area (Å²) in [5.41, 5.74) is 6.48. The fraction of sp³-hybridized carbons (Fsp3) is 0.609. The molecular formula is C23H35N9O4. The molecule has 4 rings (SSSR count). The van der Waals surface area contributed by atoms with E-state index in [1.165, 1.54) is 0 Å². The molecule has 0 atom stereocenters. The summed E-state index contributed by atoms with van der Waals surface area (Å²) in [5, 5.41) is 14.2. The minimum absolute atomic E-state index is 0.0994. The first kappa shape index (κ1) is 25.8. The number of rotatable bonds is 13. The maximum absolute atomic E-state index is 10.9. The summed E-state index contributed by atoms with van der Waals surface area (Å²) >= 11 is 0. The van der Waals surface area contributed by atoms with Gasteiger partial charge >= 0.3 is 0 Å². The van der Waals surface area contributed by atoms with Gasteiger partial charge in [-0.3, -0.25) is 10.1 Å². The molecule has 0 bridgehead atoms. The van der Waals surface area contributed by atoms with Gasteiger partial charge in [0, 0.05) is 70.2 Å². The third-order valence-corrected chi connectivity index (χ3v) is 6.15. The number of anilines is 4. The molecule has 0 saturated carbocycles. The van der Waals surface area contributed by atoms with Crippen LogP contribution in [-0.4, -0.2) is 98.7 Å². The Balaban J connectivity index is 1.34. The first-order valence-electron chi connectivity index (χ1n) is 12.5. The van der Waals surface area contributed by atoms with Crippen molar-refractivity contribution >= 4 is 29.2 Å². The minimum Gasteiger partial charge on any atom is -0.378 e. The standard InChI is InChI=1S/C23H35N9O4/c24-7-15-35-17-18-36-16-8-25-21-26-22(30-9-1-2-10-30)28-23(27-21)31-13-11-29(12-14-31)19-3-5-20(6-4-19)32(33)34/h3-6H,1-2,7-18,24H2,(H,25,26,27,28). The zero-order chi connectivity index (χ0) is 25.2. The molecule has 2 fully saturated rings. The fourth-order valence-corrected chi connectivity index (χ4v) is 4.22. The molecule has 2 aliphatic rings. The molecule has 36 heavy (non-hydrogen) atoms. The maximum Gasteiger partial charge on any atom is 0.269 e. The molecule has 3 N–H and O–H groups in total. The van der Waals surface area contributed by atoms with E-state index in [1.54, 1.807) is 24.3 Å². The van der Waals surface area contributed by atoms with Crippen LogP contribution in [0.2, 0.25) is 0 Å². The molecule has 196 valence electrons. The van der Waals surface area contributed by atoms with E-state index in [2.05, 4.69) is 25.0 Å². The van der Waals surface area contributed by atoms with E-state index >= 15 is 0 Å². The van der Waals surface area contributed by atoms with E-state index < -0.39 is 0 Å². The summed E-state index contributed by atoms with van der Waals surface area (Å²) in [6.45, 7) is 8.10. The van der Waals surface area contributed by atoms with E-state index in [-0.39, 0.29) is 10.6 Å². The first-order valence-corrected chi connectivity index (χ1v) is 12.5. The SMILES string of the molecule is NCCOCCOCCNc1nc(N2CCCC2)nc(N2CCN(c3ccc([N+](=O)[O-])cc3)CC2)n1. The van der Waals surface area contributed by atoms with Crippen LogP contribution in [0.3, 0.4) is 0 Å². The molecule has 0 unspecified atom stereocenters. The third kappa shape index (κ3) is 7.12. The van der Waals surface area contributed by atoms with Gasteiger partial charge in [0.2, 0.25) is 17.8 Å². The summed E-state index contributed by atoms with van der Waals surface area (Å²) in [6.07, 6.45) is 2.27. The Morgan fingerprint density at radius 1 is 0.833 bits per heavy atom. The second-order valence-corrected chi connectivity index (χ2v) is 8.64. The lowest BCUT2D eigenvalue weighted by atomic mass is 10.2. The van der Waals surface area contributed by atoms with Crippen molar-refractivity contribution in [3.8, 4) is 0 Å². The van der Waals surface area contributed by atoms with E-state index in [1.807, 2.05) is 0 Å². The predicted molar refractivity (Wildman–Crippen MR) is 138 cm³/mol. The van der Waals surface area contributed by atoms with Crippen molar-refractivity contribution in [2.45, 2.75) is 12.8 Å². The van der Waals surface area contributed by atoms with Crippen molar-refractivity contribution in [1.29, 1.82) is 0 Å². The number of hydrogen-bond donors (Lipinski definition) is 2. The molecule has 2 aliphatic heterocycles. The Morgan fingerprint density at radius 3 is 2.03 bits per heavy atom. The zero-order valence-corrected chi connectivity index (χ0v) is 20.5. The molecule has 3 heterocycles. The zero-order valence-electron chi connectivity index (χ0n) is 20.5. The summed E-state index contributed by atoms with van der Waals surface area (Å²) in [7, 11) is 0. The molecule has 2 saturated heterocycles. The van der Waals surface area contributed by atoms with Crippen LogP contribution in [-0.2, 0) is 9.47 Å². The van der Waals surface area contributed by atoms with E-state index in [4.69, 9.17) is 25.2 Å². The highest BCUT2D eigenvalue weighted by molar-refractivity contribution is 5.53. The lowest BCUT2D eigenvalue weighted by Crippen LogP contribution is -2.47. The number of nitro groups is 1. The van der Waals surface area contributed by atoms with Crippen molar-refractivity contribution in [2.24, 2.45) is 5.73 Å². The van der Waals surface area contributed by atoms with Gasteiger partial charge in [-0.2, -0.15) is 15.0 Å². The van der Waals surface area contributed by atoms with Crippen molar-refractivity contribution in [3.63, 3.8) is 0 Å². The summed E-state index contributed by atoms with van der Waals surface area (Å²) in [4.78, 5) is 31.3. The second kappa shape index (κ2) is 13.1. The Bertz CT molecular complexity index is 965. The van der Waals surface area contributed by atoms with Gasteiger partial charge in [0.05, 0.1) is 31.4 Å². The number of benzene rings is 1. The number of non-ortho nitro benzene ring substituents is 1.